The predicted molar refractivity (Wildman–Crippen MR) is 102 cm³/mol. The predicted octanol–water partition coefficient (Wildman–Crippen LogP) is 3.79. The van der Waals surface area contributed by atoms with Crippen LogP contribution in [0, 0.1) is 5.92 Å². The van der Waals surface area contributed by atoms with E-state index in [-0.39, 0.29) is 23.7 Å². The summed E-state index contributed by atoms with van der Waals surface area (Å²) in [6.45, 7) is 0. The number of carbonyl (C=O) groups excluding carboxylic acids is 2. The molecule has 1 N–H and O–H groups in total. The van der Waals surface area contributed by atoms with Gasteiger partial charge in [0.2, 0.25) is 5.91 Å². The van der Waals surface area contributed by atoms with Gasteiger partial charge in [-0.3, -0.25) is 9.59 Å². The Morgan fingerprint density at radius 2 is 1.92 bits per heavy atom. The molecule has 0 spiro atoms. The van der Waals surface area contributed by atoms with E-state index in [1.807, 2.05) is 24.3 Å². The van der Waals surface area contributed by atoms with Gasteiger partial charge in [-0.1, -0.05) is 29.8 Å². The second-order valence-corrected chi connectivity index (χ2v) is 6.98. The smallest absolute Gasteiger partial charge is 0.253 e. The monoisotopic (exact) mass is 372 g/mol. The molecule has 2 aromatic carbocycles. The van der Waals surface area contributed by atoms with Crippen LogP contribution in [0.25, 0.3) is 0 Å². The number of anilines is 1. The van der Waals surface area contributed by atoms with Crippen molar-refractivity contribution in [1.29, 1.82) is 0 Å². The maximum Gasteiger partial charge on any atom is 0.253 e. The number of hydrogen-bond donors (Lipinski definition) is 1. The van der Waals surface area contributed by atoms with Crippen molar-refractivity contribution in [2.75, 3.05) is 26.5 Å². The van der Waals surface area contributed by atoms with Gasteiger partial charge in [-0.25, -0.2) is 0 Å². The van der Waals surface area contributed by atoms with Crippen molar-refractivity contribution in [2.45, 2.75) is 12.3 Å². The molecular formula is C20H21ClN2O3. The third kappa shape index (κ3) is 3.68. The molecule has 136 valence electrons. The molecule has 6 heteroatoms. The first-order valence-electron chi connectivity index (χ1n) is 8.37. The van der Waals surface area contributed by atoms with Crippen LogP contribution in [0.3, 0.4) is 0 Å². The van der Waals surface area contributed by atoms with E-state index in [1.54, 1.807) is 32.3 Å². The van der Waals surface area contributed by atoms with E-state index >= 15 is 0 Å². The fourth-order valence-corrected chi connectivity index (χ4v) is 3.30. The lowest BCUT2D eigenvalue weighted by atomic mass is 10.1. The first kappa shape index (κ1) is 18.3. The first-order chi connectivity index (χ1) is 12.4. The number of ether oxygens (including phenoxy) is 1. The molecule has 3 rings (SSSR count). The molecule has 0 bridgehead atoms. The second kappa shape index (κ2) is 7.38. The number of methoxy groups -OCH3 is 1. The lowest BCUT2D eigenvalue weighted by Gasteiger charge is -2.14. The zero-order chi connectivity index (χ0) is 18.8. The Morgan fingerprint density at radius 3 is 2.58 bits per heavy atom. The van der Waals surface area contributed by atoms with E-state index in [2.05, 4.69) is 5.32 Å². The van der Waals surface area contributed by atoms with Gasteiger partial charge >= 0.3 is 0 Å². The third-order valence-electron chi connectivity index (χ3n) is 4.54. The highest BCUT2D eigenvalue weighted by molar-refractivity contribution is 6.31. The molecule has 1 saturated carbocycles. The Hall–Kier alpha value is -2.53. The molecule has 5 nitrogen and oxygen atoms in total. The molecule has 2 atom stereocenters. The summed E-state index contributed by atoms with van der Waals surface area (Å²) in [5, 5.41) is 3.58. The largest absolute Gasteiger partial charge is 0.495 e. The van der Waals surface area contributed by atoms with Crippen molar-refractivity contribution in [2.24, 2.45) is 5.92 Å². The molecule has 0 aliphatic heterocycles. The van der Waals surface area contributed by atoms with Gasteiger partial charge in [-0.05, 0) is 42.2 Å². The van der Waals surface area contributed by atoms with Gasteiger partial charge in [0.15, 0.2) is 0 Å². The van der Waals surface area contributed by atoms with E-state index in [1.165, 1.54) is 12.0 Å². The molecular weight excluding hydrogens is 352 g/mol. The zero-order valence-corrected chi connectivity index (χ0v) is 15.7. The lowest BCUT2D eigenvalue weighted by molar-refractivity contribution is -0.117. The minimum absolute atomic E-state index is 0.0947. The highest BCUT2D eigenvalue weighted by atomic mass is 35.5. The van der Waals surface area contributed by atoms with E-state index in [9.17, 15) is 9.59 Å². The Balaban J connectivity index is 1.76. The Labute approximate surface area is 157 Å². The Morgan fingerprint density at radius 1 is 1.19 bits per heavy atom. The molecule has 0 aromatic heterocycles. The summed E-state index contributed by atoms with van der Waals surface area (Å²) in [5.74, 6) is 0.281. The zero-order valence-electron chi connectivity index (χ0n) is 15.0. The van der Waals surface area contributed by atoms with Gasteiger partial charge in [0, 0.05) is 30.6 Å². The van der Waals surface area contributed by atoms with Gasteiger partial charge in [-0.15, -0.1) is 0 Å². The number of nitrogens with one attached hydrogen (secondary N) is 1. The summed E-state index contributed by atoms with van der Waals surface area (Å²) in [5.41, 5.74) is 1.98. The Bertz CT molecular complexity index is 851. The van der Waals surface area contributed by atoms with Crippen LogP contribution in [0.5, 0.6) is 5.75 Å². The van der Waals surface area contributed by atoms with Crippen LogP contribution in [-0.4, -0.2) is 37.9 Å². The van der Waals surface area contributed by atoms with Gasteiger partial charge in [0.1, 0.15) is 5.75 Å². The van der Waals surface area contributed by atoms with Crippen LogP contribution in [0.1, 0.15) is 28.3 Å². The summed E-state index contributed by atoms with van der Waals surface area (Å²) < 4.78 is 5.31. The number of nitrogens with zero attached hydrogens (tertiary/aromatic N) is 1. The maximum absolute atomic E-state index is 12.6. The van der Waals surface area contributed by atoms with Crippen LogP contribution in [-0.2, 0) is 4.79 Å². The SMILES string of the molecule is COc1ccc(C(=O)N(C)C)cc1NC(=O)[C@@H]1C[C@H]1c1ccccc1Cl. The molecule has 26 heavy (non-hydrogen) atoms. The van der Waals surface area contributed by atoms with Gasteiger partial charge in [0.25, 0.3) is 5.91 Å². The third-order valence-corrected chi connectivity index (χ3v) is 4.89. The molecule has 1 aliphatic carbocycles. The van der Waals surface area contributed by atoms with Crippen molar-refractivity contribution >= 4 is 29.1 Å². The molecule has 1 fully saturated rings. The fourth-order valence-electron chi connectivity index (χ4n) is 3.03. The topological polar surface area (TPSA) is 58.6 Å². The van der Waals surface area contributed by atoms with Crippen LogP contribution in [0.2, 0.25) is 5.02 Å². The summed E-state index contributed by atoms with van der Waals surface area (Å²) >= 11 is 6.23. The molecule has 1 aliphatic rings. The average Bonchev–Trinajstić information content (AvgIpc) is 3.42. The molecule has 0 heterocycles. The van der Waals surface area contributed by atoms with Gasteiger partial charge < -0.3 is 15.0 Å². The van der Waals surface area contributed by atoms with Crippen molar-refractivity contribution in [3.8, 4) is 5.75 Å². The number of carbonyl (C=O) groups is 2. The van der Waals surface area contributed by atoms with Gasteiger partial charge in [0.05, 0.1) is 12.8 Å². The van der Waals surface area contributed by atoms with Crippen LogP contribution in [0.15, 0.2) is 42.5 Å². The minimum atomic E-state index is -0.136. The summed E-state index contributed by atoms with van der Waals surface area (Å²) in [6.07, 6.45) is 0.758. The van der Waals surface area contributed by atoms with E-state index in [0.717, 1.165) is 12.0 Å². The lowest BCUT2D eigenvalue weighted by Crippen LogP contribution is -2.22. The summed E-state index contributed by atoms with van der Waals surface area (Å²) in [4.78, 5) is 26.3. The number of benzene rings is 2. The number of rotatable bonds is 5. The quantitative estimate of drug-likeness (QED) is 0.868. The summed E-state index contributed by atoms with van der Waals surface area (Å²) in [6, 6.07) is 12.6. The van der Waals surface area contributed by atoms with E-state index < -0.39 is 0 Å². The Kier molecular flexibility index (Phi) is 5.18. The number of halogens is 1. The van der Waals surface area contributed by atoms with Crippen molar-refractivity contribution in [3.63, 3.8) is 0 Å². The maximum atomic E-state index is 12.6. The summed E-state index contributed by atoms with van der Waals surface area (Å²) in [7, 11) is 4.90. The fraction of sp³-hybridized carbons (Fsp3) is 0.300. The first-order valence-corrected chi connectivity index (χ1v) is 8.75. The second-order valence-electron chi connectivity index (χ2n) is 6.57. The van der Waals surface area contributed by atoms with E-state index in [4.69, 9.17) is 16.3 Å². The standard InChI is InChI=1S/C20H21ClN2O3/c1-23(2)20(25)12-8-9-18(26-3)17(10-12)22-19(24)15-11-14(15)13-6-4-5-7-16(13)21/h4-10,14-15H,11H2,1-3H3,(H,22,24)/t14-,15+/m0/s1. The number of amides is 2. The minimum Gasteiger partial charge on any atom is -0.495 e. The molecule has 0 radical (unpaired) electrons. The highest BCUT2D eigenvalue weighted by Crippen LogP contribution is 2.50. The highest BCUT2D eigenvalue weighted by Gasteiger charge is 2.45. The number of hydrogen-bond acceptors (Lipinski definition) is 3. The molecule has 2 amide bonds. The van der Waals surface area contributed by atoms with Crippen molar-refractivity contribution < 1.29 is 14.3 Å². The van der Waals surface area contributed by atoms with Crippen LogP contribution >= 0.6 is 11.6 Å². The van der Waals surface area contributed by atoms with E-state index in [0.29, 0.717) is 22.0 Å². The molecule has 0 saturated heterocycles. The molecule has 0 unspecified atom stereocenters. The normalized spacial score (nSPS) is 18.2. The average molecular weight is 373 g/mol. The van der Waals surface area contributed by atoms with Crippen LogP contribution < -0.4 is 10.1 Å². The van der Waals surface area contributed by atoms with Gasteiger partial charge in [-0.2, -0.15) is 0 Å². The molecule has 2 aromatic rings. The van der Waals surface area contributed by atoms with Crippen molar-refractivity contribution in [3.05, 3.63) is 58.6 Å². The van der Waals surface area contributed by atoms with Crippen molar-refractivity contribution in [1.82, 2.24) is 4.90 Å². The van der Waals surface area contributed by atoms with Crippen LogP contribution in [0.4, 0.5) is 5.69 Å².